The number of fused-ring (bicyclic) bond motifs is 1. The molecule has 5 aromatic rings. The highest BCUT2D eigenvalue weighted by molar-refractivity contribution is 7.10. The van der Waals surface area contributed by atoms with E-state index in [0.717, 1.165) is 36.5 Å². The van der Waals surface area contributed by atoms with E-state index in [1.165, 1.54) is 29.7 Å². The van der Waals surface area contributed by atoms with Gasteiger partial charge in [0.2, 0.25) is 0 Å². The molecular formula is C28H22Cl3FN8S. The number of anilines is 3. The minimum absolute atomic E-state index is 0.0396. The Balaban J connectivity index is 1.40. The predicted molar refractivity (Wildman–Crippen MR) is 162 cm³/mol. The van der Waals surface area contributed by atoms with Crippen LogP contribution in [0.2, 0.25) is 15.1 Å². The van der Waals surface area contributed by atoms with E-state index >= 15 is 0 Å². The van der Waals surface area contributed by atoms with Crippen LogP contribution in [0.3, 0.4) is 0 Å². The van der Waals surface area contributed by atoms with Crippen LogP contribution in [-0.2, 0) is 0 Å². The van der Waals surface area contributed by atoms with Crippen molar-refractivity contribution in [2.45, 2.75) is 24.9 Å². The zero-order valence-corrected chi connectivity index (χ0v) is 24.4. The number of benzene rings is 2. The van der Waals surface area contributed by atoms with Crippen LogP contribution in [0.4, 0.5) is 21.5 Å². The monoisotopic (exact) mass is 626 g/mol. The van der Waals surface area contributed by atoms with Crippen molar-refractivity contribution in [1.82, 2.24) is 25.3 Å². The summed E-state index contributed by atoms with van der Waals surface area (Å²) < 4.78 is 15.7. The number of hydrogen-bond donors (Lipinski definition) is 3. The Morgan fingerprint density at radius 3 is 2.63 bits per heavy atom. The molecule has 0 amide bonds. The molecule has 13 heteroatoms. The number of pyridine rings is 1. The maximum atomic E-state index is 13.8. The number of nitrogens with zero attached hydrogens (tertiary/aromatic N) is 5. The lowest BCUT2D eigenvalue weighted by molar-refractivity contribution is 0.337. The van der Waals surface area contributed by atoms with Crippen LogP contribution in [0.25, 0.3) is 10.9 Å². The standard InChI is InChI=1S/C28H22Cl3FN8S/c29-16-7-25(41-14-16)28(24-13-40(39-38-24)19-3-5-34-6-4-19)37-18-8-20-26(36-17-1-2-23(32)21(30)9-17)15(11-33)12-35-27(20)22(31)10-18/h1-2,7-10,12-14,19,28,34,37H,3-6H2,(H,35,36)/t28-/m1/s1. The van der Waals surface area contributed by atoms with E-state index in [1.54, 1.807) is 12.1 Å². The first-order chi connectivity index (χ1) is 19.9. The van der Waals surface area contributed by atoms with E-state index in [9.17, 15) is 9.65 Å². The first-order valence-corrected chi connectivity index (χ1v) is 14.8. The third-order valence-electron chi connectivity index (χ3n) is 6.92. The second kappa shape index (κ2) is 11.8. The molecule has 41 heavy (non-hydrogen) atoms. The zero-order chi connectivity index (χ0) is 28.5. The first kappa shape index (κ1) is 27.7. The average molecular weight is 628 g/mol. The van der Waals surface area contributed by atoms with Gasteiger partial charge in [-0.1, -0.05) is 40.0 Å². The van der Waals surface area contributed by atoms with Crippen molar-refractivity contribution in [3.8, 4) is 6.07 Å². The second-order valence-electron chi connectivity index (χ2n) is 9.62. The summed E-state index contributed by atoms with van der Waals surface area (Å²) in [6.07, 6.45) is 5.39. The summed E-state index contributed by atoms with van der Waals surface area (Å²) in [5, 5.41) is 32.4. The van der Waals surface area contributed by atoms with E-state index in [0.29, 0.717) is 38.0 Å². The van der Waals surface area contributed by atoms with Crippen molar-refractivity contribution >= 4 is 74.1 Å². The Bertz CT molecular complexity index is 1780. The molecule has 0 spiro atoms. The van der Waals surface area contributed by atoms with E-state index in [2.05, 4.69) is 37.3 Å². The fourth-order valence-corrected chi connectivity index (χ4v) is 6.48. The van der Waals surface area contributed by atoms with Gasteiger partial charge >= 0.3 is 0 Å². The second-order valence-corrected chi connectivity index (χ2v) is 11.8. The Morgan fingerprint density at radius 2 is 1.90 bits per heavy atom. The van der Waals surface area contributed by atoms with Crippen LogP contribution >= 0.6 is 46.1 Å². The van der Waals surface area contributed by atoms with Gasteiger partial charge in [-0.05, 0) is 62.3 Å². The van der Waals surface area contributed by atoms with E-state index in [4.69, 9.17) is 34.8 Å². The van der Waals surface area contributed by atoms with Crippen molar-refractivity contribution in [3.63, 3.8) is 0 Å². The molecule has 1 atom stereocenters. The molecular weight excluding hydrogens is 606 g/mol. The van der Waals surface area contributed by atoms with Crippen molar-refractivity contribution in [2.24, 2.45) is 0 Å². The average Bonchev–Trinajstić information content (AvgIpc) is 3.64. The molecule has 6 rings (SSSR count). The lowest BCUT2D eigenvalue weighted by Crippen LogP contribution is -2.29. The molecule has 0 aliphatic carbocycles. The van der Waals surface area contributed by atoms with Crippen molar-refractivity contribution < 1.29 is 4.39 Å². The summed E-state index contributed by atoms with van der Waals surface area (Å²) >= 11 is 20.5. The van der Waals surface area contributed by atoms with Gasteiger partial charge in [0.25, 0.3) is 0 Å². The van der Waals surface area contributed by atoms with Gasteiger partial charge in [0.1, 0.15) is 23.6 Å². The summed E-state index contributed by atoms with van der Waals surface area (Å²) in [7, 11) is 0. The highest BCUT2D eigenvalue weighted by Gasteiger charge is 2.24. The molecule has 1 aliphatic rings. The number of nitrogens with one attached hydrogen (secondary N) is 3. The Labute approximate surface area is 254 Å². The lowest BCUT2D eigenvalue weighted by Gasteiger charge is -2.22. The molecule has 8 nitrogen and oxygen atoms in total. The molecule has 0 saturated carbocycles. The zero-order valence-electron chi connectivity index (χ0n) is 21.3. The van der Waals surface area contributed by atoms with E-state index < -0.39 is 5.82 Å². The quantitative estimate of drug-likeness (QED) is 0.170. The topological polar surface area (TPSA) is 103 Å². The van der Waals surface area contributed by atoms with Crippen LogP contribution in [0.15, 0.2) is 54.2 Å². The number of aromatic nitrogens is 4. The minimum Gasteiger partial charge on any atom is -0.372 e. The molecule has 2 aromatic carbocycles. The Kier molecular flexibility index (Phi) is 7.97. The van der Waals surface area contributed by atoms with Crippen molar-refractivity contribution in [2.75, 3.05) is 23.7 Å². The number of hydrogen-bond acceptors (Lipinski definition) is 8. The van der Waals surface area contributed by atoms with Crippen LogP contribution < -0.4 is 16.0 Å². The fourth-order valence-electron chi connectivity index (χ4n) is 4.89. The summed E-state index contributed by atoms with van der Waals surface area (Å²) in [5.41, 5.74) is 3.18. The summed E-state index contributed by atoms with van der Waals surface area (Å²) in [6, 6.07) is 11.9. The highest BCUT2D eigenvalue weighted by atomic mass is 35.5. The summed E-state index contributed by atoms with van der Waals surface area (Å²) in [6.45, 7) is 1.88. The van der Waals surface area contributed by atoms with Crippen molar-refractivity contribution in [1.29, 1.82) is 5.26 Å². The molecule has 4 heterocycles. The molecule has 0 bridgehead atoms. The van der Waals surface area contributed by atoms with Gasteiger partial charge in [-0.3, -0.25) is 4.98 Å². The van der Waals surface area contributed by atoms with Gasteiger partial charge in [-0.2, -0.15) is 5.26 Å². The number of rotatable bonds is 7. The van der Waals surface area contributed by atoms with Gasteiger partial charge in [0.05, 0.1) is 44.1 Å². The third-order valence-corrected chi connectivity index (χ3v) is 8.85. The van der Waals surface area contributed by atoms with Gasteiger partial charge < -0.3 is 16.0 Å². The number of halogens is 4. The summed E-state index contributed by atoms with van der Waals surface area (Å²) in [4.78, 5) is 5.38. The van der Waals surface area contributed by atoms with Gasteiger partial charge in [-0.15, -0.1) is 16.4 Å². The van der Waals surface area contributed by atoms with Crippen LogP contribution in [-0.4, -0.2) is 33.1 Å². The van der Waals surface area contributed by atoms with Crippen LogP contribution in [0.5, 0.6) is 0 Å². The fraction of sp³-hybridized carbons (Fsp3) is 0.214. The van der Waals surface area contributed by atoms with E-state index in [-0.39, 0.29) is 22.7 Å². The van der Waals surface area contributed by atoms with Gasteiger partial charge in [0, 0.05) is 33.2 Å². The highest BCUT2D eigenvalue weighted by Crippen LogP contribution is 2.38. The summed E-state index contributed by atoms with van der Waals surface area (Å²) in [5.74, 6) is -0.538. The lowest BCUT2D eigenvalue weighted by atomic mass is 10.1. The Hall–Kier alpha value is -3.46. The molecule has 3 aromatic heterocycles. The molecule has 0 unspecified atom stereocenters. The van der Waals surface area contributed by atoms with E-state index in [1.807, 2.05) is 28.4 Å². The minimum atomic E-state index is -0.538. The third kappa shape index (κ3) is 5.82. The van der Waals surface area contributed by atoms with Gasteiger partial charge in [0.15, 0.2) is 0 Å². The number of thiophene rings is 1. The maximum absolute atomic E-state index is 13.8. The normalized spacial score (nSPS) is 14.6. The molecule has 3 N–H and O–H groups in total. The smallest absolute Gasteiger partial charge is 0.141 e. The first-order valence-electron chi connectivity index (χ1n) is 12.8. The molecule has 1 aliphatic heterocycles. The molecule has 1 fully saturated rings. The molecule has 1 saturated heterocycles. The maximum Gasteiger partial charge on any atom is 0.141 e. The largest absolute Gasteiger partial charge is 0.372 e. The molecule has 208 valence electrons. The SMILES string of the molecule is N#Cc1cnc2c(Cl)cc(N[C@H](c3cn(C4CCNCC4)nn3)c3cc(Cl)cs3)cc2c1Nc1ccc(F)c(Cl)c1. The van der Waals surface area contributed by atoms with Crippen molar-refractivity contribution in [3.05, 3.63) is 91.2 Å². The predicted octanol–water partition coefficient (Wildman–Crippen LogP) is 7.73. The number of piperidine rings is 1. The Morgan fingerprint density at radius 1 is 1.10 bits per heavy atom. The van der Waals surface area contributed by atoms with Gasteiger partial charge in [-0.25, -0.2) is 9.07 Å². The van der Waals surface area contributed by atoms with Crippen LogP contribution in [0.1, 0.15) is 41.1 Å². The molecule has 0 radical (unpaired) electrons. The van der Waals surface area contributed by atoms with Crippen LogP contribution in [0, 0.1) is 17.1 Å². The number of nitriles is 1.